The fraction of sp³-hybridized carbons (Fsp3) is 0.538. The minimum absolute atomic E-state index is 0.234. The molecule has 0 amide bonds. The SMILES string of the molecule is CCN(CC(C)C)c1cc(C)c(F)cc1N. The summed E-state index contributed by atoms with van der Waals surface area (Å²) in [6.45, 7) is 9.99. The van der Waals surface area contributed by atoms with Crippen LogP contribution in [0, 0.1) is 18.7 Å². The molecule has 0 saturated carbocycles. The molecule has 0 saturated heterocycles. The molecule has 0 aromatic heterocycles. The van der Waals surface area contributed by atoms with Gasteiger partial charge in [-0.15, -0.1) is 0 Å². The van der Waals surface area contributed by atoms with E-state index in [0.717, 1.165) is 18.8 Å². The topological polar surface area (TPSA) is 29.3 Å². The van der Waals surface area contributed by atoms with Crippen LogP contribution in [-0.4, -0.2) is 13.1 Å². The molecular formula is C13H21FN2. The van der Waals surface area contributed by atoms with E-state index in [1.54, 1.807) is 6.92 Å². The van der Waals surface area contributed by atoms with Crippen LogP contribution in [0.4, 0.5) is 15.8 Å². The molecule has 2 N–H and O–H groups in total. The number of aryl methyl sites for hydroxylation is 1. The first kappa shape index (κ1) is 12.8. The van der Waals surface area contributed by atoms with Crippen molar-refractivity contribution in [2.45, 2.75) is 27.7 Å². The molecule has 3 heteroatoms. The van der Waals surface area contributed by atoms with Crippen LogP contribution < -0.4 is 10.6 Å². The lowest BCUT2D eigenvalue weighted by molar-refractivity contribution is 0.611. The number of hydrogen-bond donors (Lipinski definition) is 1. The summed E-state index contributed by atoms with van der Waals surface area (Å²) in [6.07, 6.45) is 0. The smallest absolute Gasteiger partial charge is 0.128 e. The predicted octanol–water partition coefficient (Wildman–Crippen LogP) is 3.20. The van der Waals surface area contributed by atoms with Crippen molar-refractivity contribution in [3.05, 3.63) is 23.5 Å². The Hall–Kier alpha value is -1.25. The molecule has 0 radical (unpaired) electrons. The van der Waals surface area contributed by atoms with Gasteiger partial charge in [-0.3, -0.25) is 0 Å². The van der Waals surface area contributed by atoms with Crippen molar-refractivity contribution < 1.29 is 4.39 Å². The van der Waals surface area contributed by atoms with Gasteiger partial charge in [0.15, 0.2) is 0 Å². The van der Waals surface area contributed by atoms with Crippen molar-refractivity contribution in [1.29, 1.82) is 0 Å². The monoisotopic (exact) mass is 224 g/mol. The largest absolute Gasteiger partial charge is 0.397 e. The Morgan fingerprint density at radius 1 is 1.38 bits per heavy atom. The average Bonchev–Trinajstić information content (AvgIpc) is 2.20. The van der Waals surface area contributed by atoms with Gasteiger partial charge in [0.1, 0.15) is 5.82 Å². The molecule has 1 aromatic rings. The van der Waals surface area contributed by atoms with Gasteiger partial charge in [-0.25, -0.2) is 4.39 Å². The Morgan fingerprint density at radius 2 is 2.00 bits per heavy atom. The third-order valence-electron chi connectivity index (χ3n) is 2.62. The molecular weight excluding hydrogens is 203 g/mol. The van der Waals surface area contributed by atoms with Gasteiger partial charge in [-0.2, -0.15) is 0 Å². The molecule has 0 aliphatic carbocycles. The fourth-order valence-corrected chi connectivity index (χ4v) is 1.79. The van der Waals surface area contributed by atoms with Gasteiger partial charge in [0.2, 0.25) is 0 Å². The third-order valence-corrected chi connectivity index (χ3v) is 2.62. The molecule has 2 nitrogen and oxygen atoms in total. The highest BCUT2D eigenvalue weighted by Crippen LogP contribution is 2.27. The summed E-state index contributed by atoms with van der Waals surface area (Å²) in [7, 11) is 0. The van der Waals surface area contributed by atoms with E-state index in [0.29, 0.717) is 17.2 Å². The highest BCUT2D eigenvalue weighted by molar-refractivity contribution is 5.68. The number of rotatable bonds is 4. The van der Waals surface area contributed by atoms with Crippen molar-refractivity contribution in [2.75, 3.05) is 23.7 Å². The standard InChI is InChI=1S/C13H21FN2/c1-5-16(8-9(2)3)13-6-10(4)11(14)7-12(13)15/h6-7,9H,5,8,15H2,1-4H3. The number of nitrogen functional groups attached to an aromatic ring is 1. The second kappa shape index (κ2) is 5.19. The number of hydrogen-bond acceptors (Lipinski definition) is 2. The second-order valence-corrected chi connectivity index (χ2v) is 4.59. The highest BCUT2D eigenvalue weighted by Gasteiger charge is 2.12. The number of benzene rings is 1. The quantitative estimate of drug-likeness (QED) is 0.796. The summed E-state index contributed by atoms with van der Waals surface area (Å²) in [4.78, 5) is 2.19. The van der Waals surface area contributed by atoms with Crippen LogP contribution >= 0.6 is 0 Å². The van der Waals surface area contributed by atoms with Crippen molar-refractivity contribution in [3.8, 4) is 0 Å². The van der Waals surface area contributed by atoms with Gasteiger partial charge in [-0.1, -0.05) is 13.8 Å². The van der Waals surface area contributed by atoms with E-state index < -0.39 is 0 Å². The van der Waals surface area contributed by atoms with Gasteiger partial charge in [0, 0.05) is 13.1 Å². The molecule has 0 fully saturated rings. The molecule has 1 rings (SSSR count). The maximum absolute atomic E-state index is 13.3. The molecule has 0 spiro atoms. The summed E-state index contributed by atoms with van der Waals surface area (Å²) in [5, 5.41) is 0. The summed E-state index contributed by atoms with van der Waals surface area (Å²) in [5.41, 5.74) is 7.96. The average molecular weight is 224 g/mol. The van der Waals surface area contributed by atoms with E-state index in [1.807, 2.05) is 6.07 Å². The van der Waals surface area contributed by atoms with Crippen LogP contribution in [0.25, 0.3) is 0 Å². The maximum Gasteiger partial charge on any atom is 0.128 e. The molecule has 0 bridgehead atoms. The molecule has 0 aliphatic heterocycles. The number of nitrogens with zero attached hydrogens (tertiary/aromatic N) is 1. The summed E-state index contributed by atoms with van der Waals surface area (Å²) in [6, 6.07) is 3.24. The summed E-state index contributed by atoms with van der Waals surface area (Å²) >= 11 is 0. The van der Waals surface area contributed by atoms with Crippen LogP contribution in [0.2, 0.25) is 0 Å². The van der Waals surface area contributed by atoms with Crippen LogP contribution in [-0.2, 0) is 0 Å². The Morgan fingerprint density at radius 3 is 2.50 bits per heavy atom. The lowest BCUT2D eigenvalue weighted by Crippen LogP contribution is -2.28. The van der Waals surface area contributed by atoms with Crippen molar-refractivity contribution in [3.63, 3.8) is 0 Å². The normalized spacial score (nSPS) is 10.9. The highest BCUT2D eigenvalue weighted by atomic mass is 19.1. The van der Waals surface area contributed by atoms with Crippen LogP contribution in [0.5, 0.6) is 0 Å². The summed E-state index contributed by atoms with van der Waals surface area (Å²) in [5.74, 6) is 0.326. The van der Waals surface area contributed by atoms with Gasteiger partial charge >= 0.3 is 0 Å². The number of halogens is 1. The Balaban J connectivity index is 3.05. The Labute approximate surface area is 97.3 Å². The minimum Gasteiger partial charge on any atom is -0.397 e. The lowest BCUT2D eigenvalue weighted by Gasteiger charge is -2.27. The maximum atomic E-state index is 13.3. The number of anilines is 2. The molecule has 90 valence electrons. The van der Waals surface area contributed by atoms with Gasteiger partial charge in [0.05, 0.1) is 11.4 Å². The summed E-state index contributed by atoms with van der Waals surface area (Å²) < 4.78 is 13.3. The molecule has 0 heterocycles. The molecule has 0 aliphatic rings. The third kappa shape index (κ3) is 2.87. The first-order valence-electron chi connectivity index (χ1n) is 5.76. The van der Waals surface area contributed by atoms with E-state index in [-0.39, 0.29) is 5.82 Å². The van der Waals surface area contributed by atoms with Crippen LogP contribution in [0.15, 0.2) is 12.1 Å². The zero-order chi connectivity index (χ0) is 12.3. The van der Waals surface area contributed by atoms with Crippen molar-refractivity contribution in [1.82, 2.24) is 0 Å². The first-order chi connectivity index (χ1) is 7.45. The van der Waals surface area contributed by atoms with Crippen molar-refractivity contribution in [2.24, 2.45) is 5.92 Å². The van der Waals surface area contributed by atoms with E-state index in [1.165, 1.54) is 6.07 Å². The molecule has 0 atom stereocenters. The van der Waals surface area contributed by atoms with E-state index in [9.17, 15) is 4.39 Å². The predicted molar refractivity (Wildman–Crippen MR) is 68.3 cm³/mol. The van der Waals surface area contributed by atoms with Gasteiger partial charge in [-0.05, 0) is 37.5 Å². The molecule has 16 heavy (non-hydrogen) atoms. The zero-order valence-electron chi connectivity index (χ0n) is 10.5. The Bertz CT molecular complexity index is 361. The Kier molecular flexibility index (Phi) is 4.16. The fourth-order valence-electron chi connectivity index (χ4n) is 1.79. The molecule has 0 unspecified atom stereocenters. The van der Waals surface area contributed by atoms with E-state index in [4.69, 9.17) is 5.73 Å². The van der Waals surface area contributed by atoms with Gasteiger partial charge in [0.25, 0.3) is 0 Å². The lowest BCUT2D eigenvalue weighted by atomic mass is 10.1. The van der Waals surface area contributed by atoms with Gasteiger partial charge < -0.3 is 10.6 Å². The van der Waals surface area contributed by atoms with Crippen molar-refractivity contribution >= 4 is 11.4 Å². The second-order valence-electron chi connectivity index (χ2n) is 4.59. The van der Waals surface area contributed by atoms with Crippen LogP contribution in [0.1, 0.15) is 26.3 Å². The number of nitrogens with two attached hydrogens (primary N) is 1. The zero-order valence-corrected chi connectivity index (χ0v) is 10.5. The van der Waals surface area contributed by atoms with E-state index in [2.05, 4.69) is 25.7 Å². The van der Waals surface area contributed by atoms with Crippen LogP contribution in [0.3, 0.4) is 0 Å². The first-order valence-corrected chi connectivity index (χ1v) is 5.76. The minimum atomic E-state index is -0.234. The van der Waals surface area contributed by atoms with E-state index >= 15 is 0 Å². The molecule has 1 aromatic carbocycles.